The van der Waals surface area contributed by atoms with E-state index in [9.17, 15) is 4.79 Å². The first-order valence-corrected chi connectivity index (χ1v) is 6.74. The van der Waals surface area contributed by atoms with E-state index < -0.39 is 0 Å². The van der Waals surface area contributed by atoms with Crippen molar-refractivity contribution >= 4 is 6.03 Å². The average Bonchev–Trinajstić information content (AvgIpc) is 2.47. The van der Waals surface area contributed by atoms with E-state index >= 15 is 0 Å². The zero-order valence-electron chi connectivity index (χ0n) is 11.2. The van der Waals surface area contributed by atoms with Crippen LogP contribution in [0.2, 0.25) is 0 Å². The first-order valence-electron chi connectivity index (χ1n) is 6.74. The maximum atomic E-state index is 12.5. The number of fused-ring (bicyclic) bond motifs is 1. The van der Waals surface area contributed by atoms with Crippen molar-refractivity contribution in [1.82, 2.24) is 24.7 Å². The van der Waals surface area contributed by atoms with Crippen LogP contribution in [0.1, 0.15) is 11.3 Å². The summed E-state index contributed by atoms with van der Waals surface area (Å²) in [5, 5.41) is 0. The lowest BCUT2D eigenvalue weighted by molar-refractivity contribution is 0.118. The minimum absolute atomic E-state index is 0.155. The van der Waals surface area contributed by atoms with Crippen LogP contribution < -0.4 is 0 Å². The van der Waals surface area contributed by atoms with Gasteiger partial charge in [0.05, 0.1) is 12.2 Å². The molecule has 2 aliphatic heterocycles. The summed E-state index contributed by atoms with van der Waals surface area (Å²) >= 11 is 0. The summed E-state index contributed by atoms with van der Waals surface area (Å²) in [7, 11) is 2.09. The predicted molar refractivity (Wildman–Crippen MR) is 70.6 cm³/mol. The third-order valence-electron chi connectivity index (χ3n) is 3.91. The molecule has 0 saturated carbocycles. The van der Waals surface area contributed by atoms with Crippen molar-refractivity contribution < 1.29 is 4.79 Å². The Bertz CT molecular complexity index is 470. The predicted octanol–water partition coefficient (Wildman–Crippen LogP) is 0.202. The molecule has 19 heavy (non-hydrogen) atoms. The number of aromatic nitrogens is 2. The summed E-state index contributed by atoms with van der Waals surface area (Å²) in [6.07, 6.45) is 4.24. The molecule has 0 aliphatic carbocycles. The van der Waals surface area contributed by atoms with Gasteiger partial charge in [-0.15, -0.1) is 0 Å². The normalized spacial score (nSPS) is 20.3. The Morgan fingerprint density at radius 1 is 1.16 bits per heavy atom. The average molecular weight is 261 g/mol. The highest BCUT2D eigenvalue weighted by Gasteiger charge is 2.27. The van der Waals surface area contributed by atoms with Crippen LogP contribution in [-0.2, 0) is 13.0 Å². The van der Waals surface area contributed by atoms with Crippen molar-refractivity contribution in [3.63, 3.8) is 0 Å². The number of nitrogens with zero attached hydrogens (tertiary/aromatic N) is 5. The fourth-order valence-electron chi connectivity index (χ4n) is 2.63. The van der Waals surface area contributed by atoms with E-state index in [1.54, 1.807) is 6.33 Å². The smallest absolute Gasteiger partial charge is 0.320 e. The molecule has 6 heteroatoms. The molecule has 102 valence electrons. The SMILES string of the molecule is CN1CCN(C(=O)N2CCc3ncncc3C2)CC1. The zero-order valence-corrected chi connectivity index (χ0v) is 11.2. The number of carbonyl (C=O) groups excluding carboxylic acids is 1. The maximum Gasteiger partial charge on any atom is 0.320 e. The molecule has 1 saturated heterocycles. The van der Waals surface area contributed by atoms with Crippen LogP contribution in [0.4, 0.5) is 4.79 Å². The largest absolute Gasteiger partial charge is 0.322 e. The van der Waals surface area contributed by atoms with Crippen molar-refractivity contribution in [3.8, 4) is 0 Å². The number of amides is 2. The molecule has 0 N–H and O–H groups in total. The number of hydrogen-bond acceptors (Lipinski definition) is 4. The molecular weight excluding hydrogens is 242 g/mol. The Labute approximate surface area is 113 Å². The molecule has 0 radical (unpaired) electrons. The second kappa shape index (κ2) is 5.13. The summed E-state index contributed by atoms with van der Waals surface area (Å²) in [6, 6.07) is 0.155. The van der Waals surface area contributed by atoms with E-state index in [0.29, 0.717) is 6.54 Å². The molecule has 0 aromatic carbocycles. The lowest BCUT2D eigenvalue weighted by Gasteiger charge is -2.37. The number of urea groups is 1. The fraction of sp³-hybridized carbons (Fsp3) is 0.615. The Morgan fingerprint density at radius 2 is 1.95 bits per heavy atom. The second-order valence-electron chi connectivity index (χ2n) is 5.24. The van der Waals surface area contributed by atoms with Gasteiger partial charge < -0.3 is 14.7 Å². The number of rotatable bonds is 0. The van der Waals surface area contributed by atoms with Crippen LogP contribution in [0.5, 0.6) is 0 Å². The molecule has 6 nitrogen and oxygen atoms in total. The standard InChI is InChI=1S/C13H19N5O/c1-16-4-6-17(7-5-16)13(19)18-3-2-12-11(9-18)8-14-10-15-12/h8,10H,2-7,9H2,1H3. The number of piperazine rings is 1. The fourth-order valence-corrected chi connectivity index (χ4v) is 2.63. The van der Waals surface area contributed by atoms with Gasteiger partial charge in [0.25, 0.3) is 0 Å². The molecular formula is C13H19N5O. The summed E-state index contributed by atoms with van der Waals surface area (Å²) in [5.74, 6) is 0. The molecule has 0 atom stereocenters. The van der Waals surface area contributed by atoms with Gasteiger partial charge in [0.2, 0.25) is 0 Å². The minimum Gasteiger partial charge on any atom is -0.322 e. The van der Waals surface area contributed by atoms with E-state index in [-0.39, 0.29) is 6.03 Å². The van der Waals surface area contributed by atoms with Gasteiger partial charge in [-0.05, 0) is 7.05 Å². The highest BCUT2D eigenvalue weighted by atomic mass is 16.2. The maximum absolute atomic E-state index is 12.5. The van der Waals surface area contributed by atoms with Crippen LogP contribution >= 0.6 is 0 Å². The van der Waals surface area contributed by atoms with Crippen molar-refractivity contribution in [1.29, 1.82) is 0 Å². The lowest BCUT2D eigenvalue weighted by atomic mass is 10.1. The molecule has 2 amide bonds. The Kier molecular flexibility index (Phi) is 3.33. The van der Waals surface area contributed by atoms with E-state index in [4.69, 9.17) is 0 Å². The quantitative estimate of drug-likeness (QED) is 0.669. The number of hydrogen-bond donors (Lipinski definition) is 0. The molecule has 1 fully saturated rings. The summed E-state index contributed by atoms with van der Waals surface area (Å²) in [5.41, 5.74) is 2.16. The van der Waals surface area contributed by atoms with Crippen molar-refractivity contribution in [2.45, 2.75) is 13.0 Å². The highest BCUT2D eigenvalue weighted by molar-refractivity contribution is 5.75. The molecule has 0 unspecified atom stereocenters. The van der Waals surface area contributed by atoms with Crippen LogP contribution in [-0.4, -0.2) is 70.5 Å². The van der Waals surface area contributed by atoms with Gasteiger partial charge in [0.15, 0.2) is 0 Å². The number of carbonyl (C=O) groups is 1. The molecule has 1 aromatic heterocycles. The molecule has 3 heterocycles. The first-order chi connectivity index (χ1) is 9.24. The Morgan fingerprint density at radius 3 is 2.74 bits per heavy atom. The molecule has 2 aliphatic rings. The van der Waals surface area contributed by atoms with E-state index in [2.05, 4.69) is 21.9 Å². The van der Waals surface area contributed by atoms with Gasteiger partial charge in [-0.1, -0.05) is 0 Å². The van der Waals surface area contributed by atoms with Crippen molar-refractivity contribution in [2.24, 2.45) is 0 Å². The van der Waals surface area contributed by atoms with Crippen LogP contribution in [0.3, 0.4) is 0 Å². The van der Waals surface area contributed by atoms with Gasteiger partial charge in [-0.2, -0.15) is 0 Å². The summed E-state index contributed by atoms with van der Waals surface area (Å²) in [4.78, 5) is 26.9. The van der Waals surface area contributed by atoms with Crippen molar-refractivity contribution in [3.05, 3.63) is 23.8 Å². The first kappa shape index (κ1) is 12.3. The Hall–Kier alpha value is -1.69. The minimum atomic E-state index is 0.155. The zero-order chi connectivity index (χ0) is 13.2. The monoisotopic (exact) mass is 261 g/mol. The third kappa shape index (κ3) is 2.53. The van der Waals surface area contributed by atoms with E-state index in [1.807, 2.05) is 16.0 Å². The third-order valence-corrected chi connectivity index (χ3v) is 3.91. The molecule has 1 aromatic rings. The Balaban J connectivity index is 1.66. The highest BCUT2D eigenvalue weighted by Crippen LogP contribution is 2.17. The topological polar surface area (TPSA) is 52.6 Å². The van der Waals surface area contributed by atoms with Crippen LogP contribution in [0, 0.1) is 0 Å². The number of likely N-dealkylation sites (N-methyl/N-ethyl adjacent to an activating group) is 1. The van der Waals surface area contributed by atoms with E-state index in [0.717, 1.165) is 50.4 Å². The van der Waals surface area contributed by atoms with Crippen LogP contribution in [0.15, 0.2) is 12.5 Å². The lowest BCUT2D eigenvalue weighted by Crippen LogP contribution is -2.52. The van der Waals surface area contributed by atoms with Gasteiger partial charge in [0, 0.05) is 50.9 Å². The van der Waals surface area contributed by atoms with Gasteiger partial charge in [-0.25, -0.2) is 14.8 Å². The second-order valence-corrected chi connectivity index (χ2v) is 5.24. The van der Waals surface area contributed by atoms with Gasteiger partial charge in [-0.3, -0.25) is 0 Å². The van der Waals surface area contributed by atoms with Gasteiger partial charge >= 0.3 is 6.03 Å². The van der Waals surface area contributed by atoms with Crippen LogP contribution in [0.25, 0.3) is 0 Å². The van der Waals surface area contributed by atoms with E-state index in [1.165, 1.54) is 0 Å². The molecule has 0 spiro atoms. The molecule has 0 bridgehead atoms. The van der Waals surface area contributed by atoms with Crippen molar-refractivity contribution in [2.75, 3.05) is 39.8 Å². The summed E-state index contributed by atoms with van der Waals surface area (Å²) in [6.45, 7) is 4.96. The summed E-state index contributed by atoms with van der Waals surface area (Å²) < 4.78 is 0. The molecule has 3 rings (SSSR count). The van der Waals surface area contributed by atoms with Gasteiger partial charge in [0.1, 0.15) is 6.33 Å².